The summed E-state index contributed by atoms with van der Waals surface area (Å²) in [4.78, 5) is 42.6. The molecule has 2 aliphatic heterocycles. The van der Waals surface area contributed by atoms with Gasteiger partial charge in [-0.15, -0.1) is 0 Å². The summed E-state index contributed by atoms with van der Waals surface area (Å²) in [7, 11) is 0. The largest absolute Gasteiger partial charge is 0.458 e. The fraction of sp³-hybridized carbons (Fsp3) is 0.267. The Morgan fingerprint density at radius 3 is 2.56 bits per heavy atom. The number of nitrogens with two attached hydrogens (primary N) is 1. The molecule has 212 valence electrons. The van der Waals surface area contributed by atoms with Crippen molar-refractivity contribution >= 4 is 28.6 Å². The Kier molecular flexibility index (Phi) is 7.46. The number of ether oxygens (including phenoxy) is 1. The first-order valence-corrected chi connectivity index (χ1v) is 13.3. The summed E-state index contributed by atoms with van der Waals surface area (Å²) in [5.41, 5.74) is 10.2. The van der Waals surface area contributed by atoms with Crippen LogP contribution in [0.25, 0.3) is 22.3 Å². The number of esters is 1. The maximum absolute atomic E-state index is 14.5. The summed E-state index contributed by atoms with van der Waals surface area (Å²) in [5, 5.41) is 16.7. The van der Waals surface area contributed by atoms with Crippen molar-refractivity contribution in [1.82, 2.24) is 20.2 Å². The van der Waals surface area contributed by atoms with Crippen LogP contribution in [0, 0.1) is 12.7 Å². The number of fused-ring (bicyclic) bond motifs is 5. The van der Waals surface area contributed by atoms with Crippen molar-refractivity contribution in [3.05, 3.63) is 92.0 Å². The first-order valence-electron chi connectivity index (χ1n) is 13.3. The number of benzene rings is 2. The minimum atomic E-state index is -1.58. The summed E-state index contributed by atoms with van der Waals surface area (Å²) in [6.07, 6.45) is -1.58. The Bertz CT molecular complexity index is 1750. The SMILES string of the molecule is CC.Cc1cc2c(CNC(=O)NCc3ccc(N)cc3)c3c(nc2cc1F)-c1cc2c(c(=O)n1C3)COC(=O)C2O. The van der Waals surface area contributed by atoms with Gasteiger partial charge in [0, 0.05) is 41.4 Å². The maximum Gasteiger partial charge on any atom is 0.340 e. The van der Waals surface area contributed by atoms with Crippen molar-refractivity contribution in [2.24, 2.45) is 0 Å². The quantitative estimate of drug-likeness (QED) is 0.194. The van der Waals surface area contributed by atoms with E-state index in [1.807, 2.05) is 26.0 Å². The molecule has 0 spiro atoms. The number of carbonyl (C=O) groups excluding carboxylic acids is 2. The molecule has 0 aliphatic carbocycles. The number of halogens is 1. The number of nitrogens with zero attached hydrogens (tertiary/aromatic N) is 2. The highest BCUT2D eigenvalue weighted by Crippen LogP contribution is 2.38. The third-order valence-electron chi connectivity index (χ3n) is 7.21. The van der Waals surface area contributed by atoms with Crippen LogP contribution >= 0.6 is 0 Å². The van der Waals surface area contributed by atoms with Crippen LogP contribution in [0.15, 0.2) is 47.3 Å². The highest BCUT2D eigenvalue weighted by Gasteiger charge is 2.34. The topological polar surface area (TPSA) is 149 Å². The number of pyridine rings is 2. The number of aliphatic hydroxyl groups excluding tert-OH is 1. The van der Waals surface area contributed by atoms with Gasteiger partial charge < -0.3 is 30.8 Å². The minimum Gasteiger partial charge on any atom is -0.458 e. The molecular weight excluding hydrogens is 529 g/mol. The lowest BCUT2D eigenvalue weighted by Crippen LogP contribution is -2.35. The van der Waals surface area contributed by atoms with Crippen LogP contribution in [0.5, 0.6) is 0 Å². The molecule has 4 aromatic rings. The third kappa shape index (κ3) is 5.00. The Balaban J connectivity index is 0.00000165. The molecule has 2 amide bonds. The molecule has 1 unspecified atom stereocenters. The van der Waals surface area contributed by atoms with Crippen LogP contribution in [0.3, 0.4) is 0 Å². The molecule has 2 aromatic heterocycles. The van der Waals surface area contributed by atoms with Gasteiger partial charge in [-0.1, -0.05) is 26.0 Å². The molecule has 0 saturated carbocycles. The second-order valence-corrected chi connectivity index (χ2v) is 9.68. The second-order valence-electron chi connectivity index (χ2n) is 9.68. The lowest BCUT2D eigenvalue weighted by atomic mass is 9.97. The smallest absolute Gasteiger partial charge is 0.340 e. The van der Waals surface area contributed by atoms with Gasteiger partial charge in [0.1, 0.15) is 12.4 Å². The average molecular weight is 560 g/mol. The Hall–Kier alpha value is -4.77. The van der Waals surface area contributed by atoms with Crippen LogP contribution in [-0.2, 0) is 35.8 Å². The molecule has 2 aliphatic rings. The molecule has 10 nitrogen and oxygen atoms in total. The summed E-state index contributed by atoms with van der Waals surface area (Å²) in [6, 6.07) is 11.3. The predicted molar refractivity (Wildman–Crippen MR) is 151 cm³/mol. The van der Waals surface area contributed by atoms with Gasteiger partial charge in [0.2, 0.25) is 0 Å². The fourth-order valence-corrected chi connectivity index (χ4v) is 5.09. The van der Waals surface area contributed by atoms with Gasteiger partial charge in [-0.2, -0.15) is 0 Å². The molecule has 5 N–H and O–H groups in total. The van der Waals surface area contributed by atoms with E-state index < -0.39 is 29.5 Å². The summed E-state index contributed by atoms with van der Waals surface area (Å²) in [5.74, 6) is -1.27. The molecule has 11 heteroatoms. The van der Waals surface area contributed by atoms with E-state index in [2.05, 4.69) is 15.6 Å². The zero-order valence-corrected chi connectivity index (χ0v) is 22.9. The van der Waals surface area contributed by atoms with Gasteiger partial charge in [-0.05, 0) is 47.9 Å². The minimum absolute atomic E-state index is 0.0900. The number of aromatic nitrogens is 2. The molecular formula is C30H30FN5O5. The van der Waals surface area contributed by atoms with Crippen LogP contribution < -0.4 is 21.9 Å². The Morgan fingerprint density at radius 2 is 1.83 bits per heavy atom. The molecule has 0 radical (unpaired) electrons. The summed E-state index contributed by atoms with van der Waals surface area (Å²) in [6.45, 7) is 5.95. The lowest BCUT2D eigenvalue weighted by molar-refractivity contribution is -0.157. The Labute approximate surface area is 235 Å². The lowest BCUT2D eigenvalue weighted by Gasteiger charge is -2.21. The maximum atomic E-state index is 14.5. The van der Waals surface area contributed by atoms with Crippen molar-refractivity contribution in [2.45, 2.75) is 53.1 Å². The number of anilines is 1. The van der Waals surface area contributed by atoms with Crippen LogP contribution in [0.1, 0.15) is 53.3 Å². The first-order chi connectivity index (χ1) is 19.7. The van der Waals surface area contributed by atoms with Crippen LogP contribution in [0.4, 0.5) is 14.9 Å². The van der Waals surface area contributed by atoms with Crippen molar-refractivity contribution in [3.63, 3.8) is 0 Å². The van der Waals surface area contributed by atoms with E-state index in [4.69, 9.17) is 10.5 Å². The van der Waals surface area contributed by atoms with Crippen LogP contribution in [0.2, 0.25) is 0 Å². The van der Waals surface area contributed by atoms with E-state index in [9.17, 15) is 23.9 Å². The molecule has 4 heterocycles. The molecule has 41 heavy (non-hydrogen) atoms. The zero-order valence-electron chi connectivity index (χ0n) is 22.9. The number of nitrogens with one attached hydrogen (secondary N) is 2. The number of rotatable bonds is 4. The highest BCUT2D eigenvalue weighted by molar-refractivity contribution is 5.89. The third-order valence-corrected chi connectivity index (χ3v) is 7.21. The number of amides is 2. The Morgan fingerprint density at radius 1 is 1.12 bits per heavy atom. The van der Waals surface area contributed by atoms with Gasteiger partial charge in [0.15, 0.2) is 6.10 Å². The van der Waals surface area contributed by atoms with E-state index in [1.54, 1.807) is 31.2 Å². The van der Waals surface area contributed by atoms with Gasteiger partial charge in [-0.25, -0.2) is 19.0 Å². The zero-order chi connectivity index (χ0) is 29.4. The number of hydrogen-bond donors (Lipinski definition) is 4. The number of carbonyl (C=O) groups is 2. The number of aliphatic hydroxyl groups is 1. The van der Waals surface area contributed by atoms with Gasteiger partial charge >= 0.3 is 12.0 Å². The first kappa shape index (κ1) is 27.8. The van der Waals surface area contributed by atoms with Crippen molar-refractivity contribution in [3.8, 4) is 11.4 Å². The second kappa shape index (κ2) is 11.0. The predicted octanol–water partition coefficient (Wildman–Crippen LogP) is 3.57. The van der Waals surface area contributed by atoms with Crippen molar-refractivity contribution in [1.29, 1.82) is 0 Å². The molecule has 0 bridgehead atoms. The molecule has 2 aromatic carbocycles. The van der Waals surface area contributed by atoms with Gasteiger partial charge in [0.25, 0.3) is 5.56 Å². The van der Waals surface area contributed by atoms with E-state index in [1.165, 1.54) is 10.6 Å². The van der Waals surface area contributed by atoms with Crippen LogP contribution in [-0.4, -0.2) is 26.7 Å². The normalized spacial score (nSPS) is 14.8. The monoisotopic (exact) mass is 559 g/mol. The van der Waals surface area contributed by atoms with Crippen molar-refractivity contribution in [2.75, 3.05) is 5.73 Å². The standard InChI is InChI=1S/C28H24FN5O5.C2H6/c1-13-6-16-18(10-32-28(38)31-9-14-2-4-15(30)5-3-14)19-11-34-23(24(19)33-22(16)8-21(13)29)7-17-20(26(34)36)12-39-27(37)25(17)35;1-2/h2-8,25,35H,9-12,30H2,1H3,(H2,31,32,38);1-2H3. The highest BCUT2D eigenvalue weighted by atomic mass is 19.1. The number of cyclic esters (lactones) is 1. The van der Waals surface area contributed by atoms with E-state index in [-0.39, 0.29) is 30.8 Å². The average Bonchev–Trinajstić information content (AvgIpc) is 3.33. The molecule has 1 atom stereocenters. The van der Waals surface area contributed by atoms with Crippen molar-refractivity contribution < 1.29 is 23.8 Å². The van der Waals surface area contributed by atoms with E-state index >= 15 is 0 Å². The number of urea groups is 1. The molecule has 6 rings (SSSR count). The molecule has 0 saturated heterocycles. The van der Waals surface area contributed by atoms with Gasteiger partial charge in [0.05, 0.1) is 29.0 Å². The van der Waals surface area contributed by atoms with E-state index in [0.29, 0.717) is 51.2 Å². The van der Waals surface area contributed by atoms with E-state index in [0.717, 1.165) is 5.56 Å². The van der Waals surface area contributed by atoms with Gasteiger partial charge in [-0.3, -0.25) is 4.79 Å². The fourth-order valence-electron chi connectivity index (χ4n) is 5.09. The summed E-state index contributed by atoms with van der Waals surface area (Å²) < 4.78 is 21.0. The molecule has 0 fully saturated rings. The number of aryl methyl sites for hydroxylation is 1. The number of hydrogen-bond acceptors (Lipinski definition) is 7. The number of nitrogen functional groups attached to an aromatic ring is 1. The summed E-state index contributed by atoms with van der Waals surface area (Å²) >= 11 is 0.